The lowest BCUT2D eigenvalue weighted by Gasteiger charge is -2.18. The maximum absolute atomic E-state index is 7.00. The van der Waals surface area contributed by atoms with Crippen LogP contribution in [0.2, 0.25) is 6.55 Å². The Labute approximate surface area is 63.1 Å². The lowest BCUT2D eigenvalue weighted by Crippen LogP contribution is -2.38. The van der Waals surface area contributed by atoms with Gasteiger partial charge in [0.1, 0.15) is 0 Å². The molecule has 10 heavy (non-hydrogen) atoms. The Bertz CT molecular complexity index is 56.4. The van der Waals surface area contributed by atoms with Crippen molar-refractivity contribution in [3.05, 3.63) is 0 Å². The summed E-state index contributed by atoms with van der Waals surface area (Å²) in [6.07, 6.45) is 0. The van der Waals surface area contributed by atoms with E-state index >= 15 is 0 Å². The molecule has 1 N–H and O–H groups in total. The molecule has 0 radical (unpaired) electrons. The summed E-state index contributed by atoms with van der Waals surface area (Å²) >= 11 is 0. The molecule has 0 aliphatic rings. The summed E-state index contributed by atoms with van der Waals surface area (Å²) in [4.78, 5) is 0. The molecule has 64 valence electrons. The lowest BCUT2D eigenvalue weighted by molar-refractivity contribution is 0.132. The fourth-order valence-corrected chi connectivity index (χ4v) is 0.750. The second kappa shape index (κ2) is 7.17. The number of hydrogen-bond acceptors (Lipinski definition) is 4. The zero-order chi connectivity index (χ0) is 8.62. The van der Waals surface area contributed by atoms with Gasteiger partial charge in [0.2, 0.25) is 0 Å². The van der Waals surface area contributed by atoms with Crippen LogP contribution in [0.25, 0.3) is 0 Å². The van der Waals surface area contributed by atoms with E-state index in [1.807, 2.05) is 6.55 Å². The van der Waals surface area contributed by atoms with E-state index < -0.39 is 8.80 Å². The Kier molecular flexibility index (Phi) is 9.11. The molecular formula is C5H16O4Si. The van der Waals surface area contributed by atoms with Crippen molar-refractivity contribution in [1.29, 1.82) is 0 Å². The van der Waals surface area contributed by atoms with Crippen molar-refractivity contribution >= 4 is 8.80 Å². The third kappa shape index (κ3) is 4.89. The van der Waals surface area contributed by atoms with E-state index in [2.05, 4.69) is 0 Å². The van der Waals surface area contributed by atoms with Crippen LogP contribution in [0.5, 0.6) is 0 Å². The molecule has 0 unspecified atom stereocenters. The smallest absolute Gasteiger partial charge is 0.400 e. The normalized spacial score (nSPS) is 10.2. The van der Waals surface area contributed by atoms with Crippen molar-refractivity contribution < 1.29 is 18.4 Å². The summed E-state index contributed by atoms with van der Waals surface area (Å²) in [5.41, 5.74) is 0. The van der Waals surface area contributed by atoms with Crippen molar-refractivity contribution in [1.82, 2.24) is 0 Å². The summed E-state index contributed by atoms with van der Waals surface area (Å²) in [5, 5.41) is 7.00. The standard InChI is InChI=1S/C4H12O3Si.CH4O/c1-5-8(4,6-2)7-3;1-2/h1-4H3;2H,1H3. The number of hydrogen-bond donors (Lipinski definition) is 1. The molecule has 0 rings (SSSR count). The molecule has 0 aromatic heterocycles. The van der Waals surface area contributed by atoms with E-state index in [0.29, 0.717) is 0 Å². The highest BCUT2D eigenvalue weighted by Crippen LogP contribution is 2.02. The minimum absolute atomic E-state index is 1.00. The first-order valence-corrected chi connectivity index (χ1v) is 5.01. The van der Waals surface area contributed by atoms with Gasteiger partial charge in [0, 0.05) is 35.0 Å². The molecule has 0 amide bonds. The monoisotopic (exact) mass is 168 g/mol. The van der Waals surface area contributed by atoms with E-state index in [-0.39, 0.29) is 0 Å². The van der Waals surface area contributed by atoms with Crippen LogP contribution in [0.1, 0.15) is 0 Å². The molecule has 4 nitrogen and oxygen atoms in total. The minimum Gasteiger partial charge on any atom is -0.400 e. The van der Waals surface area contributed by atoms with Crippen LogP contribution in [-0.2, 0) is 13.3 Å². The molecule has 5 heteroatoms. The van der Waals surface area contributed by atoms with Gasteiger partial charge in [-0.3, -0.25) is 0 Å². The first-order chi connectivity index (χ1) is 4.68. The van der Waals surface area contributed by atoms with Gasteiger partial charge < -0.3 is 18.4 Å². The fraction of sp³-hybridized carbons (Fsp3) is 1.00. The number of rotatable bonds is 3. The van der Waals surface area contributed by atoms with Crippen molar-refractivity contribution in [3.63, 3.8) is 0 Å². The summed E-state index contributed by atoms with van der Waals surface area (Å²) < 4.78 is 14.8. The van der Waals surface area contributed by atoms with Gasteiger partial charge in [-0.2, -0.15) is 0 Å². The van der Waals surface area contributed by atoms with Crippen molar-refractivity contribution in [2.24, 2.45) is 0 Å². The molecule has 0 aromatic rings. The van der Waals surface area contributed by atoms with E-state index in [0.717, 1.165) is 7.11 Å². The van der Waals surface area contributed by atoms with E-state index in [1.165, 1.54) is 0 Å². The Morgan fingerprint density at radius 1 is 0.900 bits per heavy atom. The third-order valence-corrected chi connectivity index (χ3v) is 3.34. The molecule has 0 heterocycles. The second-order valence-electron chi connectivity index (χ2n) is 1.47. The molecule has 0 aliphatic carbocycles. The van der Waals surface area contributed by atoms with Gasteiger partial charge in [0.05, 0.1) is 0 Å². The van der Waals surface area contributed by atoms with Crippen LogP contribution >= 0.6 is 0 Å². The van der Waals surface area contributed by atoms with Gasteiger partial charge in [-0.1, -0.05) is 0 Å². The SMILES string of the molecule is CO.CO[Si](C)(OC)OC. The Morgan fingerprint density at radius 2 is 1.10 bits per heavy atom. The van der Waals surface area contributed by atoms with Crippen LogP contribution in [0.4, 0.5) is 0 Å². The maximum atomic E-state index is 7.00. The van der Waals surface area contributed by atoms with Gasteiger partial charge in [-0.05, 0) is 0 Å². The predicted molar refractivity (Wildman–Crippen MR) is 40.8 cm³/mol. The maximum Gasteiger partial charge on any atom is 0.496 e. The molecule has 0 bridgehead atoms. The third-order valence-electron chi connectivity index (χ3n) is 1.11. The Hall–Kier alpha value is 0.0569. The largest absolute Gasteiger partial charge is 0.496 e. The van der Waals surface area contributed by atoms with E-state index in [4.69, 9.17) is 18.4 Å². The van der Waals surface area contributed by atoms with Gasteiger partial charge in [-0.25, -0.2) is 0 Å². The number of aliphatic hydroxyl groups excluding tert-OH is 1. The molecule has 0 aliphatic heterocycles. The second-order valence-corrected chi connectivity index (χ2v) is 4.42. The van der Waals surface area contributed by atoms with Gasteiger partial charge >= 0.3 is 8.80 Å². The summed E-state index contributed by atoms with van der Waals surface area (Å²) in [6.45, 7) is 1.83. The average molecular weight is 168 g/mol. The highest BCUT2D eigenvalue weighted by atomic mass is 28.4. The molecule has 0 saturated carbocycles. The Balaban J connectivity index is 0. The fourth-order valence-electron chi connectivity index (χ4n) is 0.250. The summed E-state index contributed by atoms with van der Waals surface area (Å²) in [7, 11) is 3.58. The predicted octanol–water partition coefficient (Wildman–Crippen LogP) is 0.103. The van der Waals surface area contributed by atoms with Gasteiger partial charge in [0.25, 0.3) is 0 Å². The molecule has 0 spiro atoms. The molecule has 0 aromatic carbocycles. The van der Waals surface area contributed by atoms with Gasteiger partial charge in [-0.15, -0.1) is 0 Å². The van der Waals surface area contributed by atoms with Crippen LogP contribution in [0, 0.1) is 0 Å². The van der Waals surface area contributed by atoms with Crippen LogP contribution in [0.3, 0.4) is 0 Å². The molecule has 0 fully saturated rings. The summed E-state index contributed by atoms with van der Waals surface area (Å²) in [6, 6.07) is 0. The van der Waals surface area contributed by atoms with E-state index in [9.17, 15) is 0 Å². The highest BCUT2D eigenvalue weighted by molar-refractivity contribution is 6.58. The minimum atomic E-state index is -2.17. The topological polar surface area (TPSA) is 47.9 Å². The Morgan fingerprint density at radius 3 is 1.10 bits per heavy atom. The number of aliphatic hydroxyl groups is 1. The summed E-state index contributed by atoms with van der Waals surface area (Å²) in [5.74, 6) is 0. The van der Waals surface area contributed by atoms with Crippen LogP contribution < -0.4 is 0 Å². The van der Waals surface area contributed by atoms with E-state index in [1.54, 1.807) is 21.3 Å². The molecular weight excluding hydrogens is 152 g/mol. The molecule has 0 atom stereocenters. The first-order valence-electron chi connectivity index (χ1n) is 2.78. The molecule has 0 saturated heterocycles. The zero-order valence-electron chi connectivity index (χ0n) is 7.17. The van der Waals surface area contributed by atoms with Crippen LogP contribution in [0.15, 0.2) is 0 Å². The average Bonchev–Trinajstić information content (AvgIpc) is 2.07. The quantitative estimate of drug-likeness (QED) is 0.607. The van der Waals surface area contributed by atoms with Crippen LogP contribution in [-0.4, -0.2) is 42.4 Å². The van der Waals surface area contributed by atoms with Crippen molar-refractivity contribution in [3.8, 4) is 0 Å². The van der Waals surface area contributed by atoms with Crippen molar-refractivity contribution in [2.75, 3.05) is 28.4 Å². The van der Waals surface area contributed by atoms with Crippen molar-refractivity contribution in [2.45, 2.75) is 6.55 Å². The lowest BCUT2D eigenvalue weighted by atomic mass is 11.8. The first kappa shape index (κ1) is 12.7. The van der Waals surface area contributed by atoms with Gasteiger partial charge in [0.15, 0.2) is 0 Å². The zero-order valence-corrected chi connectivity index (χ0v) is 8.17. The highest BCUT2D eigenvalue weighted by Gasteiger charge is 2.29.